The highest BCUT2D eigenvalue weighted by atomic mass is 79.9. The third kappa shape index (κ3) is 2.43. The van der Waals surface area contributed by atoms with Crippen molar-refractivity contribution in [3.8, 4) is 0 Å². The van der Waals surface area contributed by atoms with E-state index in [1.54, 1.807) is 6.20 Å². The highest BCUT2D eigenvalue weighted by Gasteiger charge is 2.35. The number of nitrogens with one attached hydrogen (secondary N) is 1. The fraction of sp³-hybridized carbons (Fsp3) is 0.600. The first-order valence-electron chi connectivity index (χ1n) is 5.22. The average Bonchev–Trinajstić information content (AvgIpc) is 2.22. The number of thioether (sulfide) groups is 1. The summed E-state index contributed by atoms with van der Waals surface area (Å²) in [4.78, 5) is 8.08. The Morgan fingerprint density at radius 2 is 2.38 bits per heavy atom. The van der Waals surface area contributed by atoms with Gasteiger partial charge >= 0.3 is 0 Å². The molecule has 0 radical (unpaired) electrons. The predicted molar refractivity (Wildman–Crippen MR) is 72.7 cm³/mol. The van der Waals surface area contributed by atoms with Crippen molar-refractivity contribution in [1.82, 2.24) is 9.97 Å². The molecule has 3 N–H and O–H groups in total. The van der Waals surface area contributed by atoms with Gasteiger partial charge in [-0.25, -0.2) is 4.98 Å². The monoisotopic (exact) mass is 302 g/mol. The maximum absolute atomic E-state index is 5.56. The zero-order valence-electron chi connectivity index (χ0n) is 9.16. The van der Waals surface area contributed by atoms with Crippen LogP contribution in [0, 0.1) is 0 Å². The molecule has 0 atom stereocenters. The van der Waals surface area contributed by atoms with Gasteiger partial charge in [0.1, 0.15) is 5.82 Å². The second-order valence-corrected chi connectivity index (χ2v) is 6.15. The van der Waals surface area contributed by atoms with E-state index in [0.29, 0.717) is 10.7 Å². The maximum Gasteiger partial charge on any atom is 0.221 e. The molecular formula is C10H15BrN4S. The molecule has 0 aliphatic heterocycles. The zero-order chi connectivity index (χ0) is 11.6. The summed E-state index contributed by atoms with van der Waals surface area (Å²) in [6, 6.07) is 0. The topological polar surface area (TPSA) is 63.8 Å². The van der Waals surface area contributed by atoms with Gasteiger partial charge in [0.2, 0.25) is 5.95 Å². The Bertz CT molecular complexity index is 376. The molecule has 1 heterocycles. The molecule has 1 aromatic rings. The van der Waals surface area contributed by atoms with Gasteiger partial charge in [-0.05, 0) is 35.0 Å². The molecule has 1 aliphatic carbocycles. The molecule has 4 nitrogen and oxygen atoms in total. The number of nitrogen functional groups attached to an aromatic ring is 1. The summed E-state index contributed by atoms with van der Waals surface area (Å²) in [5.74, 6) is 1.09. The number of hydrogen-bond donors (Lipinski definition) is 2. The Morgan fingerprint density at radius 3 is 2.94 bits per heavy atom. The van der Waals surface area contributed by atoms with Gasteiger partial charge in [0, 0.05) is 17.5 Å². The van der Waals surface area contributed by atoms with E-state index in [1.165, 1.54) is 19.3 Å². The Hall–Kier alpha value is -0.490. The van der Waals surface area contributed by atoms with Crippen molar-refractivity contribution in [1.29, 1.82) is 0 Å². The van der Waals surface area contributed by atoms with E-state index in [-0.39, 0.29) is 0 Å². The van der Waals surface area contributed by atoms with E-state index in [2.05, 4.69) is 37.5 Å². The molecule has 0 amide bonds. The molecule has 6 heteroatoms. The summed E-state index contributed by atoms with van der Waals surface area (Å²) in [5.41, 5.74) is 5.56. The Balaban J connectivity index is 2.01. The summed E-state index contributed by atoms with van der Waals surface area (Å²) in [5, 5.41) is 3.35. The van der Waals surface area contributed by atoms with Crippen LogP contribution in [-0.2, 0) is 0 Å². The number of nitrogens with zero attached hydrogens (tertiary/aromatic N) is 2. The first-order chi connectivity index (χ1) is 7.65. The molecule has 0 bridgehead atoms. The van der Waals surface area contributed by atoms with Crippen LogP contribution in [0.3, 0.4) is 0 Å². The van der Waals surface area contributed by atoms with Gasteiger partial charge in [0.15, 0.2) is 0 Å². The molecule has 1 fully saturated rings. The first-order valence-corrected chi connectivity index (χ1v) is 7.24. The third-order valence-electron chi connectivity index (χ3n) is 3.04. The van der Waals surface area contributed by atoms with Crippen LogP contribution < -0.4 is 11.1 Å². The summed E-state index contributed by atoms with van der Waals surface area (Å²) in [7, 11) is 0. The highest BCUT2D eigenvalue weighted by molar-refractivity contribution is 9.10. The van der Waals surface area contributed by atoms with E-state index in [1.807, 2.05) is 11.8 Å². The average molecular weight is 303 g/mol. The Kier molecular flexibility index (Phi) is 3.59. The largest absolute Gasteiger partial charge is 0.368 e. The van der Waals surface area contributed by atoms with E-state index in [4.69, 9.17) is 5.73 Å². The lowest BCUT2D eigenvalue weighted by molar-refractivity contribution is 0.379. The van der Waals surface area contributed by atoms with Gasteiger partial charge in [-0.1, -0.05) is 6.42 Å². The molecule has 2 rings (SSSR count). The van der Waals surface area contributed by atoms with Gasteiger partial charge < -0.3 is 11.1 Å². The fourth-order valence-electron chi connectivity index (χ4n) is 1.77. The number of anilines is 2. The highest BCUT2D eigenvalue weighted by Crippen LogP contribution is 2.42. The van der Waals surface area contributed by atoms with Crippen molar-refractivity contribution >= 4 is 39.5 Å². The zero-order valence-corrected chi connectivity index (χ0v) is 11.6. The number of hydrogen-bond acceptors (Lipinski definition) is 5. The lowest BCUT2D eigenvalue weighted by Gasteiger charge is -2.40. The van der Waals surface area contributed by atoms with Crippen LogP contribution in [0.25, 0.3) is 0 Å². The Morgan fingerprint density at radius 1 is 1.62 bits per heavy atom. The molecule has 0 spiro atoms. The number of nitrogens with two attached hydrogens (primary N) is 1. The minimum Gasteiger partial charge on any atom is -0.368 e. The van der Waals surface area contributed by atoms with Crippen LogP contribution >= 0.6 is 27.7 Å². The minimum atomic E-state index is 0.303. The summed E-state index contributed by atoms with van der Waals surface area (Å²) in [6.45, 7) is 0.934. The third-order valence-corrected chi connectivity index (χ3v) is 5.04. The van der Waals surface area contributed by atoms with Crippen molar-refractivity contribution in [3.63, 3.8) is 0 Å². The molecule has 0 unspecified atom stereocenters. The molecule has 1 saturated carbocycles. The molecule has 1 aliphatic rings. The molecule has 0 aromatic carbocycles. The van der Waals surface area contributed by atoms with Crippen LogP contribution in [0.1, 0.15) is 19.3 Å². The quantitative estimate of drug-likeness (QED) is 0.895. The van der Waals surface area contributed by atoms with Crippen molar-refractivity contribution < 1.29 is 0 Å². The van der Waals surface area contributed by atoms with Gasteiger partial charge in [-0.3, -0.25) is 0 Å². The van der Waals surface area contributed by atoms with E-state index >= 15 is 0 Å². The smallest absolute Gasteiger partial charge is 0.221 e. The van der Waals surface area contributed by atoms with Gasteiger partial charge in [0.05, 0.1) is 4.47 Å². The van der Waals surface area contributed by atoms with Crippen molar-refractivity contribution in [2.45, 2.75) is 24.0 Å². The minimum absolute atomic E-state index is 0.303. The predicted octanol–water partition coefficient (Wildman–Crippen LogP) is 2.52. The van der Waals surface area contributed by atoms with Gasteiger partial charge in [-0.15, -0.1) is 0 Å². The van der Waals surface area contributed by atoms with Crippen molar-refractivity contribution in [2.75, 3.05) is 23.9 Å². The molecular weight excluding hydrogens is 288 g/mol. The van der Waals surface area contributed by atoms with Crippen LogP contribution in [0.2, 0.25) is 0 Å². The fourth-order valence-corrected chi connectivity index (χ4v) is 3.02. The second-order valence-electron chi connectivity index (χ2n) is 4.02. The summed E-state index contributed by atoms with van der Waals surface area (Å²) >= 11 is 5.35. The molecule has 1 aromatic heterocycles. The van der Waals surface area contributed by atoms with E-state index < -0.39 is 0 Å². The Labute approximate surface area is 108 Å². The molecule has 0 saturated heterocycles. The second kappa shape index (κ2) is 4.79. The number of rotatable bonds is 4. The molecule has 16 heavy (non-hydrogen) atoms. The summed E-state index contributed by atoms with van der Waals surface area (Å²) < 4.78 is 1.25. The van der Waals surface area contributed by atoms with Crippen LogP contribution in [0.5, 0.6) is 0 Å². The lowest BCUT2D eigenvalue weighted by atomic mass is 9.84. The maximum atomic E-state index is 5.56. The van der Waals surface area contributed by atoms with Gasteiger partial charge in [-0.2, -0.15) is 16.7 Å². The van der Waals surface area contributed by atoms with E-state index in [9.17, 15) is 0 Å². The van der Waals surface area contributed by atoms with Crippen LogP contribution in [0.4, 0.5) is 11.8 Å². The lowest BCUT2D eigenvalue weighted by Crippen LogP contribution is -2.40. The van der Waals surface area contributed by atoms with Crippen molar-refractivity contribution in [2.24, 2.45) is 0 Å². The summed E-state index contributed by atoms with van der Waals surface area (Å²) in [6.07, 6.45) is 7.73. The van der Waals surface area contributed by atoms with Gasteiger partial charge in [0.25, 0.3) is 0 Å². The number of aromatic nitrogens is 2. The van der Waals surface area contributed by atoms with Crippen molar-refractivity contribution in [3.05, 3.63) is 10.7 Å². The number of halogens is 1. The molecule has 88 valence electrons. The van der Waals surface area contributed by atoms with Crippen LogP contribution in [-0.4, -0.2) is 27.5 Å². The van der Waals surface area contributed by atoms with E-state index in [0.717, 1.165) is 16.8 Å². The normalized spacial score (nSPS) is 17.9. The standard InChI is InChI=1S/C10H15BrN4S/c1-16-10(3-2-4-10)6-14-8-7(11)5-13-9(12)15-8/h5H,2-4,6H2,1H3,(H3,12,13,14,15). The van der Waals surface area contributed by atoms with Crippen LogP contribution in [0.15, 0.2) is 10.7 Å². The first kappa shape index (κ1) is 12.0. The SMILES string of the molecule is CSC1(CNc2nc(N)ncc2Br)CCC1.